The average Bonchev–Trinajstić information content (AvgIpc) is 2.84. The largest absolute Gasteiger partial charge is 0.471 e. The molecule has 0 unspecified atom stereocenters. The van der Waals surface area contributed by atoms with Crippen LogP contribution in [0, 0.1) is 6.92 Å². The summed E-state index contributed by atoms with van der Waals surface area (Å²) in [7, 11) is 0. The van der Waals surface area contributed by atoms with Crippen molar-refractivity contribution in [3.05, 3.63) is 41.5 Å². The second kappa shape index (κ2) is 7.04. The molecule has 0 atom stereocenters. The molecule has 0 fully saturated rings. The molecule has 0 aliphatic rings. The number of anilines is 1. The summed E-state index contributed by atoms with van der Waals surface area (Å²) in [5.74, 6) is -2.90. The molecule has 2 rings (SSSR count). The van der Waals surface area contributed by atoms with Gasteiger partial charge in [0.05, 0.1) is 12.2 Å². The van der Waals surface area contributed by atoms with E-state index in [1.807, 2.05) is 0 Å². The Kier molecular flexibility index (Phi) is 5.28. The molecule has 24 heavy (non-hydrogen) atoms. The van der Waals surface area contributed by atoms with Gasteiger partial charge < -0.3 is 10.1 Å². The van der Waals surface area contributed by atoms with Gasteiger partial charge in [-0.1, -0.05) is 30.3 Å². The van der Waals surface area contributed by atoms with Gasteiger partial charge in [-0.3, -0.25) is 4.79 Å². The van der Waals surface area contributed by atoms with Crippen molar-refractivity contribution in [3.8, 4) is 10.4 Å². The fourth-order valence-electron chi connectivity index (χ4n) is 2.09. The molecule has 1 amide bonds. The van der Waals surface area contributed by atoms with Crippen LogP contribution < -0.4 is 5.32 Å². The topological polar surface area (TPSA) is 55.4 Å². The molecule has 1 heterocycles. The number of hydrogen-bond donors (Lipinski definition) is 1. The molecule has 0 aliphatic carbocycles. The van der Waals surface area contributed by atoms with Crippen LogP contribution in [0.15, 0.2) is 30.3 Å². The first kappa shape index (κ1) is 18.0. The number of benzene rings is 1. The van der Waals surface area contributed by atoms with Gasteiger partial charge in [0.25, 0.3) is 0 Å². The van der Waals surface area contributed by atoms with Crippen LogP contribution >= 0.6 is 11.3 Å². The lowest BCUT2D eigenvalue weighted by Crippen LogP contribution is -2.30. The number of alkyl halides is 3. The molecule has 1 aromatic carbocycles. The van der Waals surface area contributed by atoms with E-state index in [9.17, 15) is 22.8 Å². The zero-order chi connectivity index (χ0) is 17.9. The van der Waals surface area contributed by atoms with Gasteiger partial charge in [0.1, 0.15) is 5.00 Å². The minimum absolute atomic E-state index is 0.0571. The molecule has 1 N–H and O–H groups in total. The standard InChI is InChI=1S/C16H14F3NO3S/c1-3-23-14(21)11-9(2)12(10-7-5-4-6-8-10)24-13(11)20-15(22)16(17,18)19/h4-8H,3H2,1-2H3,(H,20,22). The van der Waals surface area contributed by atoms with E-state index in [4.69, 9.17) is 4.74 Å². The Morgan fingerprint density at radius 2 is 1.83 bits per heavy atom. The minimum Gasteiger partial charge on any atom is -0.462 e. The van der Waals surface area contributed by atoms with E-state index >= 15 is 0 Å². The molecule has 0 radical (unpaired) electrons. The highest BCUT2D eigenvalue weighted by atomic mass is 32.1. The molecule has 4 nitrogen and oxygen atoms in total. The van der Waals surface area contributed by atoms with Gasteiger partial charge in [0.15, 0.2) is 0 Å². The number of rotatable bonds is 4. The first-order valence-corrected chi connectivity index (χ1v) is 7.81. The SMILES string of the molecule is CCOC(=O)c1c(NC(=O)C(F)(F)F)sc(-c2ccccc2)c1C. The van der Waals surface area contributed by atoms with Crippen LogP contribution in [0.5, 0.6) is 0 Å². The number of carbonyl (C=O) groups is 2. The minimum atomic E-state index is -5.04. The molecule has 8 heteroatoms. The van der Waals surface area contributed by atoms with Gasteiger partial charge in [0.2, 0.25) is 0 Å². The van der Waals surface area contributed by atoms with Gasteiger partial charge in [-0.25, -0.2) is 4.79 Å². The van der Waals surface area contributed by atoms with Gasteiger partial charge >= 0.3 is 18.1 Å². The summed E-state index contributed by atoms with van der Waals surface area (Å²) in [5.41, 5.74) is 1.14. The Bertz CT molecular complexity index is 754. The molecule has 1 aromatic heterocycles. The Labute approximate surface area is 140 Å². The van der Waals surface area contributed by atoms with Gasteiger partial charge in [-0.05, 0) is 25.0 Å². The van der Waals surface area contributed by atoms with Crippen molar-refractivity contribution in [1.82, 2.24) is 0 Å². The lowest BCUT2D eigenvalue weighted by Gasteiger charge is -2.08. The Morgan fingerprint density at radius 3 is 2.38 bits per heavy atom. The summed E-state index contributed by atoms with van der Waals surface area (Å²) in [5, 5.41) is 1.60. The first-order valence-electron chi connectivity index (χ1n) is 6.99. The van der Waals surface area contributed by atoms with Crippen LogP contribution in [-0.2, 0) is 9.53 Å². The van der Waals surface area contributed by atoms with E-state index in [0.29, 0.717) is 10.4 Å². The third-order valence-corrected chi connectivity index (χ3v) is 4.40. The predicted octanol–water partition coefficient (Wildman–Crippen LogP) is 4.40. The highest BCUT2D eigenvalue weighted by Crippen LogP contribution is 2.40. The summed E-state index contributed by atoms with van der Waals surface area (Å²) in [4.78, 5) is 23.9. The van der Waals surface area contributed by atoms with Crippen molar-refractivity contribution in [2.75, 3.05) is 11.9 Å². The normalized spacial score (nSPS) is 11.2. The van der Waals surface area contributed by atoms with Gasteiger partial charge in [-0.2, -0.15) is 13.2 Å². The average molecular weight is 357 g/mol. The number of esters is 1. The summed E-state index contributed by atoms with van der Waals surface area (Å²) in [6.07, 6.45) is -5.04. The predicted molar refractivity (Wildman–Crippen MR) is 85.1 cm³/mol. The molecule has 0 saturated heterocycles. The molecular formula is C16H14F3NO3S. The smallest absolute Gasteiger partial charge is 0.462 e. The molecule has 2 aromatic rings. The van der Waals surface area contributed by atoms with Crippen molar-refractivity contribution in [2.45, 2.75) is 20.0 Å². The van der Waals surface area contributed by atoms with Crippen LogP contribution in [0.2, 0.25) is 0 Å². The quantitative estimate of drug-likeness (QED) is 0.825. The molecule has 128 valence electrons. The zero-order valence-corrected chi connectivity index (χ0v) is 13.7. The second-order valence-corrected chi connectivity index (χ2v) is 5.82. The van der Waals surface area contributed by atoms with E-state index in [-0.39, 0.29) is 17.2 Å². The van der Waals surface area contributed by atoms with Crippen molar-refractivity contribution >= 4 is 28.2 Å². The Hall–Kier alpha value is -2.35. The number of thiophene rings is 1. The van der Waals surface area contributed by atoms with E-state index in [1.54, 1.807) is 49.5 Å². The van der Waals surface area contributed by atoms with Gasteiger partial charge in [-0.15, -0.1) is 11.3 Å². The number of nitrogens with one attached hydrogen (secondary N) is 1. The van der Waals surface area contributed by atoms with Crippen molar-refractivity contribution in [3.63, 3.8) is 0 Å². The second-order valence-electron chi connectivity index (χ2n) is 4.80. The van der Waals surface area contributed by atoms with E-state index < -0.39 is 18.1 Å². The van der Waals surface area contributed by atoms with Crippen LogP contribution in [0.25, 0.3) is 10.4 Å². The Balaban J connectivity index is 2.52. The summed E-state index contributed by atoms with van der Waals surface area (Å²) in [6, 6.07) is 8.87. The Morgan fingerprint density at radius 1 is 1.21 bits per heavy atom. The molecule has 0 saturated carbocycles. The molecule has 0 bridgehead atoms. The van der Waals surface area contributed by atoms with Crippen molar-refractivity contribution < 1.29 is 27.5 Å². The molecule has 0 spiro atoms. The number of halogens is 3. The van der Waals surface area contributed by atoms with Crippen molar-refractivity contribution in [2.24, 2.45) is 0 Å². The maximum absolute atomic E-state index is 12.5. The fraction of sp³-hybridized carbons (Fsp3) is 0.250. The lowest BCUT2D eigenvalue weighted by atomic mass is 10.1. The van der Waals surface area contributed by atoms with Crippen molar-refractivity contribution in [1.29, 1.82) is 0 Å². The number of ether oxygens (including phenoxy) is 1. The molecule has 0 aliphatic heterocycles. The highest BCUT2D eigenvalue weighted by molar-refractivity contribution is 7.20. The monoisotopic (exact) mass is 357 g/mol. The number of hydrogen-bond acceptors (Lipinski definition) is 4. The first-order chi connectivity index (χ1) is 11.3. The fourth-order valence-corrected chi connectivity index (χ4v) is 3.28. The summed E-state index contributed by atoms with van der Waals surface area (Å²) in [6.45, 7) is 3.27. The maximum Gasteiger partial charge on any atom is 0.471 e. The van der Waals surface area contributed by atoms with E-state index in [1.165, 1.54) is 0 Å². The van der Waals surface area contributed by atoms with Gasteiger partial charge in [0, 0.05) is 4.88 Å². The third-order valence-electron chi connectivity index (χ3n) is 3.15. The van der Waals surface area contributed by atoms with Crippen LogP contribution in [0.4, 0.5) is 18.2 Å². The van der Waals surface area contributed by atoms with Crippen LogP contribution in [-0.4, -0.2) is 24.7 Å². The number of amides is 1. The molecular weight excluding hydrogens is 343 g/mol. The van der Waals surface area contributed by atoms with E-state index in [0.717, 1.165) is 16.9 Å². The summed E-state index contributed by atoms with van der Waals surface area (Å²) >= 11 is 0.905. The van der Waals surface area contributed by atoms with E-state index in [2.05, 4.69) is 0 Å². The lowest BCUT2D eigenvalue weighted by molar-refractivity contribution is -0.167. The maximum atomic E-state index is 12.5. The van der Waals surface area contributed by atoms with Crippen LogP contribution in [0.3, 0.4) is 0 Å². The number of carbonyl (C=O) groups excluding carboxylic acids is 2. The third kappa shape index (κ3) is 3.76. The van der Waals surface area contributed by atoms with Crippen LogP contribution in [0.1, 0.15) is 22.8 Å². The highest BCUT2D eigenvalue weighted by Gasteiger charge is 2.40. The zero-order valence-electron chi connectivity index (χ0n) is 12.9. The summed E-state index contributed by atoms with van der Waals surface area (Å²) < 4.78 is 42.5.